The molecule has 0 saturated carbocycles. The summed E-state index contributed by atoms with van der Waals surface area (Å²) in [7, 11) is 0. The minimum Gasteiger partial charge on any atom is -0.310 e. The number of para-hydroxylation sites is 3. The molecule has 0 bridgehead atoms. The molecule has 0 radical (unpaired) electrons. The van der Waals surface area contributed by atoms with E-state index in [0.29, 0.717) is 0 Å². The maximum absolute atomic E-state index is 2.49. The monoisotopic (exact) mass is 844 g/mol. The van der Waals surface area contributed by atoms with E-state index in [2.05, 4.69) is 252 Å². The van der Waals surface area contributed by atoms with E-state index in [1.165, 1.54) is 103 Å². The Hall–Kier alpha value is -8.24. The first-order valence-corrected chi connectivity index (χ1v) is 23.1. The topological polar surface area (TPSA) is 8.17 Å². The highest BCUT2D eigenvalue weighted by molar-refractivity contribution is 7.26. The zero-order valence-corrected chi connectivity index (χ0v) is 36.2. The zero-order chi connectivity index (χ0) is 42.8. The van der Waals surface area contributed by atoms with Gasteiger partial charge in [0.2, 0.25) is 0 Å². The number of hydrogen-bond acceptors (Lipinski definition) is 2. The third-order valence-corrected chi connectivity index (χ3v) is 14.4. The quantitative estimate of drug-likeness (QED) is 0.145. The second-order valence-corrected chi connectivity index (χ2v) is 17.9. The van der Waals surface area contributed by atoms with Gasteiger partial charge in [-0.25, -0.2) is 0 Å². The zero-order valence-electron chi connectivity index (χ0n) is 35.4. The Labute approximate surface area is 381 Å². The molecule has 13 aromatic rings. The van der Waals surface area contributed by atoms with Crippen LogP contribution in [0.1, 0.15) is 0 Å². The first kappa shape index (κ1) is 37.3. The van der Waals surface area contributed by atoms with Crippen LogP contribution in [0.2, 0.25) is 0 Å². The van der Waals surface area contributed by atoms with Crippen molar-refractivity contribution >= 4 is 91.9 Å². The van der Waals surface area contributed by atoms with Crippen molar-refractivity contribution in [3.8, 4) is 39.1 Å². The van der Waals surface area contributed by atoms with Crippen LogP contribution in [-0.4, -0.2) is 4.57 Å². The number of aromatic nitrogens is 1. The number of thiophene rings is 1. The minimum absolute atomic E-state index is 1.10. The summed E-state index contributed by atoms with van der Waals surface area (Å²) in [6.07, 6.45) is 0. The summed E-state index contributed by atoms with van der Waals surface area (Å²) in [5.74, 6) is 0. The Bertz CT molecular complexity index is 3920. The van der Waals surface area contributed by atoms with Crippen molar-refractivity contribution in [2.24, 2.45) is 0 Å². The smallest absolute Gasteiger partial charge is 0.0555 e. The van der Waals surface area contributed by atoms with E-state index < -0.39 is 0 Å². The van der Waals surface area contributed by atoms with Crippen molar-refractivity contribution in [3.05, 3.63) is 243 Å². The molecule has 2 heterocycles. The summed E-state index contributed by atoms with van der Waals surface area (Å²) in [5, 5.41) is 10.0. The molecule has 0 N–H and O–H groups in total. The van der Waals surface area contributed by atoms with Gasteiger partial charge in [0.15, 0.2) is 0 Å². The standard InChI is InChI=1S/C62H40N2S/c1-2-17-41(18-3-1)43-20-14-22-45(39-43)63(46-23-15-21-44(40-46)48-29-16-30-49-47-24-5-4-19-42(47)35-36-50(48)49)59-38-37-54(62-61(59)55-28-9-13-34-60(55)65-62)53-27-8-12-33-58(53)64-56-31-10-6-25-51(56)52-26-7-11-32-57(52)64/h1-40H. The van der Waals surface area contributed by atoms with Gasteiger partial charge in [0.25, 0.3) is 0 Å². The molecule has 2 aromatic heterocycles. The molecular weight excluding hydrogens is 805 g/mol. The van der Waals surface area contributed by atoms with Crippen molar-refractivity contribution in [2.45, 2.75) is 0 Å². The molecule has 3 heteroatoms. The molecule has 2 nitrogen and oxygen atoms in total. The SMILES string of the molecule is c1ccc(-c2cccc(N(c3cccc(-c4cccc5c4ccc4ccccc45)c3)c3ccc(-c4ccccc4-n4c5ccccc5c5ccccc54)c4sc5ccccc5c34)c2)cc1. The summed E-state index contributed by atoms with van der Waals surface area (Å²) in [6, 6.07) is 89.0. The highest BCUT2D eigenvalue weighted by atomic mass is 32.1. The van der Waals surface area contributed by atoms with Crippen molar-refractivity contribution in [1.29, 1.82) is 0 Å². The normalized spacial score (nSPS) is 11.7. The summed E-state index contributed by atoms with van der Waals surface area (Å²) in [6.45, 7) is 0. The lowest BCUT2D eigenvalue weighted by Gasteiger charge is -2.28. The number of hydrogen-bond donors (Lipinski definition) is 0. The van der Waals surface area contributed by atoms with E-state index in [0.717, 1.165) is 17.1 Å². The Morgan fingerprint density at radius 2 is 0.923 bits per heavy atom. The van der Waals surface area contributed by atoms with E-state index >= 15 is 0 Å². The number of fused-ring (bicyclic) bond motifs is 9. The summed E-state index contributed by atoms with van der Waals surface area (Å²) in [5.41, 5.74) is 14.1. The average molecular weight is 845 g/mol. The number of anilines is 3. The maximum Gasteiger partial charge on any atom is 0.0555 e. The third-order valence-electron chi connectivity index (χ3n) is 13.2. The molecule has 0 amide bonds. The first-order valence-electron chi connectivity index (χ1n) is 22.3. The summed E-state index contributed by atoms with van der Waals surface area (Å²) < 4.78 is 4.98. The van der Waals surface area contributed by atoms with Gasteiger partial charge in [-0.3, -0.25) is 0 Å². The van der Waals surface area contributed by atoms with Crippen LogP contribution < -0.4 is 4.90 Å². The molecule has 0 saturated heterocycles. The van der Waals surface area contributed by atoms with Gasteiger partial charge in [-0.05, 0) is 98.4 Å². The molecule has 13 rings (SSSR count). The highest BCUT2D eigenvalue weighted by Crippen LogP contribution is 2.50. The van der Waals surface area contributed by atoms with Gasteiger partial charge in [0.05, 0.1) is 22.4 Å². The minimum atomic E-state index is 1.10. The van der Waals surface area contributed by atoms with Gasteiger partial charge in [0, 0.05) is 53.4 Å². The van der Waals surface area contributed by atoms with Crippen LogP contribution in [0.25, 0.3) is 103 Å². The van der Waals surface area contributed by atoms with Gasteiger partial charge in [0.1, 0.15) is 0 Å². The lowest BCUT2D eigenvalue weighted by atomic mass is 9.94. The van der Waals surface area contributed by atoms with Crippen LogP contribution in [-0.2, 0) is 0 Å². The molecule has 0 unspecified atom stereocenters. The Morgan fingerprint density at radius 3 is 1.72 bits per heavy atom. The second kappa shape index (κ2) is 15.2. The number of nitrogens with zero attached hydrogens (tertiary/aromatic N) is 2. The summed E-state index contributed by atoms with van der Waals surface area (Å²) >= 11 is 1.88. The molecule has 0 aliphatic carbocycles. The molecule has 0 aliphatic rings. The van der Waals surface area contributed by atoms with Gasteiger partial charge >= 0.3 is 0 Å². The van der Waals surface area contributed by atoms with Crippen molar-refractivity contribution in [1.82, 2.24) is 4.57 Å². The van der Waals surface area contributed by atoms with Crippen LogP contribution >= 0.6 is 11.3 Å². The first-order chi connectivity index (χ1) is 32.3. The van der Waals surface area contributed by atoms with Crippen molar-refractivity contribution in [3.63, 3.8) is 0 Å². The van der Waals surface area contributed by atoms with Crippen LogP contribution in [0.4, 0.5) is 17.1 Å². The highest BCUT2D eigenvalue weighted by Gasteiger charge is 2.24. The summed E-state index contributed by atoms with van der Waals surface area (Å²) in [4.78, 5) is 2.49. The molecule has 65 heavy (non-hydrogen) atoms. The third kappa shape index (κ3) is 6.08. The average Bonchev–Trinajstić information content (AvgIpc) is 3.94. The van der Waals surface area contributed by atoms with Crippen molar-refractivity contribution in [2.75, 3.05) is 4.90 Å². The molecule has 11 aromatic carbocycles. The molecule has 0 spiro atoms. The van der Waals surface area contributed by atoms with Gasteiger partial charge in [-0.2, -0.15) is 0 Å². The molecule has 304 valence electrons. The van der Waals surface area contributed by atoms with Gasteiger partial charge in [-0.1, -0.05) is 188 Å². The predicted molar refractivity (Wildman–Crippen MR) is 280 cm³/mol. The lowest BCUT2D eigenvalue weighted by molar-refractivity contribution is 1.18. The molecule has 0 aliphatic heterocycles. The lowest BCUT2D eigenvalue weighted by Crippen LogP contribution is -2.11. The second-order valence-electron chi connectivity index (χ2n) is 16.8. The van der Waals surface area contributed by atoms with E-state index in [9.17, 15) is 0 Å². The fourth-order valence-corrected chi connectivity index (χ4v) is 11.5. The van der Waals surface area contributed by atoms with Crippen LogP contribution in [0.5, 0.6) is 0 Å². The number of benzene rings is 11. The number of rotatable bonds is 7. The van der Waals surface area contributed by atoms with E-state index in [-0.39, 0.29) is 0 Å². The van der Waals surface area contributed by atoms with Crippen LogP contribution in [0.15, 0.2) is 243 Å². The van der Waals surface area contributed by atoms with Crippen LogP contribution in [0, 0.1) is 0 Å². The van der Waals surface area contributed by atoms with E-state index in [1.54, 1.807) is 0 Å². The van der Waals surface area contributed by atoms with E-state index in [4.69, 9.17) is 0 Å². The van der Waals surface area contributed by atoms with Gasteiger partial charge < -0.3 is 9.47 Å². The Balaban J connectivity index is 1.06. The van der Waals surface area contributed by atoms with Crippen molar-refractivity contribution < 1.29 is 0 Å². The maximum atomic E-state index is 2.49. The fourth-order valence-electron chi connectivity index (χ4n) is 10.3. The molecular formula is C62H40N2S. The predicted octanol–water partition coefficient (Wildman–Crippen LogP) is 17.9. The Morgan fingerprint density at radius 1 is 0.338 bits per heavy atom. The van der Waals surface area contributed by atoms with Gasteiger partial charge in [-0.15, -0.1) is 11.3 Å². The largest absolute Gasteiger partial charge is 0.310 e. The molecule has 0 atom stereocenters. The fraction of sp³-hybridized carbons (Fsp3) is 0. The van der Waals surface area contributed by atoms with E-state index in [1.807, 2.05) is 11.3 Å². The molecule has 0 fully saturated rings. The Kier molecular flexibility index (Phi) is 8.75. The van der Waals surface area contributed by atoms with Crippen LogP contribution in [0.3, 0.4) is 0 Å².